The van der Waals surface area contributed by atoms with Crippen molar-refractivity contribution in [1.82, 2.24) is 0 Å². The molecular formula is C35H46O7. The molecule has 1 aliphatic heterocycles. The van der Waals surface area contributed by atoms with Crippen molar-refractivity contribution >= 4 is 17.9 Å². The van der Waals surface area contributed by atoms with Gasteiger partial charge in [0.15, 0.2) is 0 Å². The number of ether oxygens (including phenoxy) is 4. The second-order valence-corrected chi connectivity index (χ2v) is 12.8. The summed E-state index contributed by atoms with van der Waals surface area (Å²) < 4.78 is 24.5. The van der Waals surface area contributed by atoms with Gasteiger partial charge in [-0.15, -0.1) is 0 Å². The summed E-state index contributed by atoms with van der Waals surface area (Å²) in [7, 11) is 0. The predicted octanol–water partition coefficient (Wildman–Crippen LogP) is 6.75. The number of carbonyl (C=O) groups is 3. The van der Waals surface area contributed by atoms with Crippen LogP contribution >= 0.6 is 0 Å². The summed E-state index contributed by atoms with van der Waals surface area (Å²) in [6.45, 7) is 14.5. The van der Waals surface area contributed by atoms with Crippen LogP contribution in [0.15, 0.2) is 60.7 Å². The maximum absolute atomic E-state index is 13.1. The third-order valence-electron chi connectivity index (χ3n) is 9.59. The normalized spacial score (nSPS) is 29.9. The fraction of sp³-hybridized carbons (Fsp3) is 0.571. The topological polar surface area (TPSA) is 88.1 Å². The lowest BCUT2D eigenvalue weighted by Crippen LogP contribution is -2.48. The van der Waals surface area contributed by atoms with Crippen LogP contribution in [-0.4, -0.2) is 48.9 Å². The van der Waals surface area contributed by atoms with Gasteiger partial charge in [0.2, 0.25) is 0 Å². The third-order valence-corrected chi connectivity index (χ3v) is 9.59. The minimum atomic E-state index is -0.492. The number of benzene rings is 2. The van der Waals surface area contributed by atoms with Crippen LogP contribution in [0.25, 0.3) is 0 Å². The van der Waals surface area contributed by atoms with Crippen molar-refractivity contribution in [1.29, 1.82) is 0 Å². The Hall–Kier alpha value is -3.19. The summed E-state index contributed by atoms with van der Waals surface area (Å²) in [6.07, 6.45) is 0.368. The number of esters is 3. The number of hydrogen-bond acceptors (Lipinski definition) is 7. The number of fused-ring (bicyclic) bond motifs is 1. The van der Waals surface area contributed by atoms with Gasteiger partial charge in [-0.25, -0.2) is 9.59 Å². The molecule has 42 heavy (non-hydrogen) atoms. The van der Waals surface area contributed by atoms with Gasteiger partial charge in [-0.2, -0.15) is 0 Å². The van der Waals surface area contributed by atoms with Gasteiger partial charge in [0.1, 0.15) is 12.2 Å². The number of carbonyl (C=O) groups excluding carboxylic acids is 3. The Kier molecular flexibility index (Phi) is 10.1. The Morgan fingerprint density at radius 2 is 1.48 bits per heavy atom. The van der Waals surface area contributed by atoms with Crippen molar-refractivity contribution in [2.75, 3.05) is 6.61 Å². The van der Waals surface area contributed by atoms with E-state index >= 15 is 0 Å². The second-order valence-electron chi connectivity index (χ2n) is 12.8. The Balaban J connectivity index is 1.49. The molecule has 1 saturated carbocycles. The molecule has 2 aliphatic rings. The first-order chi connectivity index (χ1) is 19.9. The second kappa shape index (κ2) is 13.4. The fourth-order valence-corrected chi connectivity index (χ4v) is 7.56. The van der Waals surface area contributed by atoms with E-state index in [0.717, 1.165) is 12.8 Å². The van der Waals surface area contributed by atoms with Crippen LogP contribution in [0.4, 0.5) is 0 Å². The molecule has 9 atom stereocenters. The van der Waals surface area contributed by atoms with Crippen LogP contribution in [0.3, 0.4) is 0 Å². The Labute approximate surface area is 250 Å². The lowest BCUT2D eigenvalue weighted by Gasteiger charge is -2.44. The molecule has 228 valence electrons. The summed E-state index contributed by atoms with van der Waals surface area (Å²) in [4.78, 5) is 37.8. The van der Waals surface area contributed by atoms with E-state index in [-0.39, 0.29) is 59.7 Å². The molecule has 0 spiro atoms. The van der Waals surface area contributed by atoms with E-state index in [1.54, 1.807) is 24.3 Å². The summed E-state index contributed by atoms with van der Waals surface area (Å²) in [6, 6.07) is 18.0. The van der Waals surface area contributed by atoms with Gasteiger partial charge >= 0.3 is 17.9 Å². The summed E-state index contributed by atoms with van der Waals surface area (Å²) in [5, 5.41) is 0. The molecule has 2 aromatic carbocycles. The first kappa shape index (κ1) is 31.7. The zero-order valence-corrected chi connectivity index (χ0v) is 25.9. The van der Waals surface area contributed by atoms with Crippen LogP contribution < -0.4 is 0 Å². The molecule has 0 radical (unpaired) electrons. The first-order valence-electron chi connectivity index (χ1n) is 15.3. The van der Waals surface area contributed by atoms with Crippen LogP contribution in [0.2, 0.25) is 0 Å². The van der Waals surface area contributed by atoms with E-state index in [1.165, 1.54) is 6.92 Å². The zero-order valence-electron chi connectivity index (χ0n) is 25.9. The van der Waals surface area contributed by atoms with Crippen molar-refractivity contribution < 1.29 is 33.3 Å². The average molecular weight is 579 g/mol. The quantitative estimate of drug-likeness (QED) is 0.215. The lowest BCUT2D eigenvalue weighted by molar-refractivity contribution is -0.160. The molecule has 2 fully saturated rings. The molecule has 0 aromatic heterocycles. The zero-order chi connectivity index (χ0) is 30.6. The van der Waals surface area contributed by atoms with E-state index in [1.807, 2.05) is 43.3 Å². The number of hydrogen-bond donors (Lipinski definition) is 0. The molecule has 7 nitrogen and oxygen atoms in total. The highest BCUT2D eigenvalue weighted by molar-refractivity contribution is 5.89. The largest absolute Gasteiger partial charge is 0.462 e. The third kappa shape index (κ3) is 6.56. The number of rotatable bonds is 11. The Bertz CT molecular complexity index is 1210. The van der Waals surface area contributed by atoms with Gasteiger partial charge < -0.3 is 18.9 Å². The molecule has 0 amide bonds. The average Bonchev–Trinajstić information content (AvgIpc) is 3.43. The van der Waals surface area contributed by atoms with Gasteiger partial charge in [0.25, 0.3) is 0 Å². The highest BCUT2D eigenvalue weighted by Crippen LogP contribution is 2.62. The molecule has 7 heteroatoms. The predicted molar refractivity (Wildman–Crippen MR) is 160 cm³/mol. The van der Waals surface area contributed by atoms with Gasteiger partial charge in [0, 0.05) is 24.2 Å². The van der Waals surface area contributed by atoms with Crippen LogP contribution in [0.5, 0.6) is 0 Å². The van der Waals surface area contributed by atoms with Gasteiger partial charge in [-0.3, -0.25) is 4.79 Å². The monoisotopic (exact) mass is 578 g/mol. The van der Waals surface area contributed by atoms with Crippen molar-refractivity contribution in [2.24, 2.45) is 35.0 Å². The molecule has 1 saturated heterocycles. The van der Waals surface area contributed by atoms with E-state index < -0.39 is 17.6 Å². The van der Waals surface area contributed by atoms with E-state index in [0.29, 0.717) is 17.7 Å². The molecule has 0 bridgehead atoms. The summed E-state index contributed by atoms with van der Waals surface area (Å²) in [5.41, 5.74) is 0.563. The van der Waals surface area contributed by atoms with Crippen LogP contribution in [-0.2, 0) is 23.7 Å². The Morgan fingerprint density at radius 3 is 2.02 bits per heavy atom. The summed E-state index contributed by atoms with van der Waals surface area (Å²) >= 11 is 0. The van der Waals surface area contributed by atoms with Crippen LogP contribution in [0.1, 0.15) is 82.0 Å². The van der Waals surface area contributed by atoms with Crippen molar-refractivity contribution in [2.45, 2.75) is 85.7 Å². The molecule has 1 unspecified atom stereocenters. The lowest BCUT2D eigenvalue weighted by atomic mass is 9.62. The molecule has 4 rings (SSSR count). The van der Waals surface area contributed by atoms with Gasteiger partial charge in [-0.1, -0.05) is 71.0 Å². The fourth-order valence-electron chi connectivity index (χ4n) is 7.56. The van der Waals surface area contributed by atoms with E-state index in [9.17, 15) is 14.4 Å². The van der Waals surface area contributed by atoms with Crippen molar-refractivity contribution in [3.05, 3.63) is 71.8 Å². The molecule has 1 aliphatic carbocycles. The smallest absolute Gasteiger partial charge is 0.338 e. The van der Waals surface area contributed by atoms with Crippen LogP contribution in [0, 0.1) is 35.0 Å². The van der Waals surface area contributed by atoms with Crippen molar-refractivity contribution in [3.63, 3.8) is 0 Å². The minimum Gasteiger partial charge on any atom is -0.462 e. The van der Waals surface area contributed by atoms with Gasteiger partial charge in [-0.05, 0) is 61.8 Å². The molecule has 1 heterocycles. The molecule has 2 aromatic rings. The first-order valence-corrected chi connectivity index (χ1v) is 15.3. The maximum Gasteiger partial charge on any atom is 0.338 e. The Morgan fingerprint density at radius 1 is 0.905 bits per heavy atom. The highest BCUT2D eigenvalue weighted by Gasteiger charge is 2.68. The van der Waals surface area contributed by atoms with E-state index in [2.05, 4.69) is 34.6 Å². The SMILES string of the molecule is CC(=O)O[C@H]1C(C(C)C)[C@](C)([C@@H](C)OC(=O)c2ccccc2)[C@H]2[C@H](C)[C@@H](CC[C@@H](C)COC(=O)c3ccccc3)O[C@H]21. The van der Waals surface area contributed by atoms with E-state index in [4.69, 9.17) is 18.9 Å². The molecule has 0 N–H and O–H groups in total. The summed E-state index contributed by atoms with van der Waals surface area (Å²) in [5.74, 6) is -0.605. The standard InChI is InChI=1S/C35H46O7/c1-21(2)29-31(41-25(6)36)32-30(35(29,7)24(5)40-34(38)27-16-12-9-13-17-27)23(4)28(42-32)19-18-22(3)20-39-33(37)26-14-10-8-11-15-26/h8-17,21-24,28-32H,18-20H2,1-7H3/t22-,23-,24-,28-,29?,30+,31+,32-,35+/m1/s1. The van der Waals surface area contributed by atoms with Crippen molar-refractivity contribution in [3.8, 4) is 0 Å². The minimum absolute atomic E-state index is 0.0176. The maximum atomic E-state index is 13.1. The van der Waals surface area contributed by atoms with Gasteiger partial charge in [0.05, 0.1) is 29.9 Å². The highest BCUT2D eigenvalue weighted by atomic mass is 16.6. The molecular weight excluding hydrogens is 532 g/mol.